The SMILES string of the molecule is CCc1ccc(CNC(=NC)NCc2nc(-c3ccco3)n[nH]2)s1. The van der Waals surface area contributed by atoms with Crippen molar-refractivity contribution in [1.82, 2.24) is 25.8 Å². The standard InChI is InChI=1S/C16H20N6OS/c1-3-11-6-7-12(24-11)9-18-16(17-2)19-10-14-20-15(22-21-14)13-5-4-8-23-13/h4-8H,3,9-10H2,1-2H3,(H2,17,18,19)(H,20,21,22). The molecule has 0 unspecified atom stereocenters. The number of nitrogens with zero attached hydrogens (tertiary/aromatic N) is 3. The lowest BCUT2D eigenvalue weighted by Crippen LogP contribution is -2.36. The molecule has 7 nitrogen and oxygen atoms in total. The van der Waals surface area contributed by atoms with Crippen LogP contribution in [-0.4, -0.2) is 28.2 Å². The highest BCUT2D eigenvalue weighted by Crippen LogP contribution is 2.16. The van der Waals surface area contributed by atoms with E-state index in [0.717, 1.165) is 18.9 Å². The van der Waals surface area contributed by atoms with Crippen LogP contribution in [0.2, 0.25) is 0 Å². The molecule has 0 saturated heterocycles. The van der Waals surface area contributed by atoms with E-state index < -0.39 is 0 Å². The van der Waals surface area contributed by atoms with Crippen molar-refractivity contribution >= 4 is 17.3 Å². The summed E-state index contributed by atoms with van der Waals surface area (Å²) in [6, 6.07) is 7.95. The lowest BCUT2D eigenvalue weighted by molar-refractivity contribution is 0.577. The molecule has 3 aromatic rings. The molecule has 0 saturated carbocycles. The Morgan fingerprint density at radius 3 is 2.79 bits per heavy atom. The molecule has 3 N–H and O–H groups in total. The van der Waals surface area contributed by atoms with Crippen LogP contribution in [0.5, 0.6) is 0 Å². The predicted molar refractivity (Wildman–Crippen MR) is 94.8 cm³/mol. The van der Waals surface area contributed by atoms with Crippen LogP contribution in [0, 0.1) is 0 Å². The van der Waals surface area contributed by atoms with E-state index in [1.54, 1.807) is 13.3 Å². The Balaban J connectivity index is 1.51. The van der Waals surface area contributed by atoms with Crippen LogP contribution in [0.25, 0.3) is 11.6 Å². The topological polar surface area (TPSA) is 91.1 Å². The molecule has 3 aromatic heterocycles. The largest absolute Gasteiger partial charge is 0.461 e. The van der Waals surface area contributed by atoms with Gasteiger partial charge in [-0.15, -0.1) is 16.4 Å². The molecule has 0 fully saturated rings. The van der Waals surface area contributed by atoms with Gasteiger partial charge in [-0.25, -0.2) is 4.98 Å². The lowest BCUT2D eigenvalue weighted by Gasteiger charge is -2.09. The monoisotopic (exact) mass is 344 g/mol. The number of hydrogen-bond donors (Lipinski definition) is 3. The zero-order valence-corrected chi connectivity index (χ0v) is 14.5. The Morgan fingerprint density at radius 1 is 1.25 bits per heavy atom. The van der Waals surface area contributed by atoms with Crippen LogP contribution in [0.1, 0.15) is 22.5 Å². The molecular formula is C16H20N6OS. The average molecular weight is 344 g/mol. The van der Waals surface area contributed by atoms with E-state index in [-0.39, 0.29) is 0 Å². The molecule has 0 atom stereocenters. The molecule has 0 aliphatic rings. The molecule has 3 heterocycles. The van der Waals surface area contributed by atoms with Gasteiger partial charge in [0, 0.05) is 16.8 Å². The van der Waals surface area contributed by atoms with E-state index in [1.165, 1.54) is 9.75 Å². The molecular weight excluding hydrogens is 324 g/mol. The molecule has 3 rings (SSSR count). The number of furan rings is 1. The van der Waals surface area contributed by atoms with Crippen LogP contribution < -0.4 is 10.6 Å². The van der Waals surface area contributed by atoms with Gasteiger partial charge in [0.05, 0.1) is 19.4 Å². The van der Waals surface area contributed by atoms with Gasteiger partial charge < -0.3 is 15.1 Å². The second-order valence-corrected chi connectivity index (χ2v) is 6.34. The number of aliphatic imine (C=N–C) groups is 1. The van der Waals surface area contributed by atoms with Gasteiger partial charge in [0.1, 0.15) is 5.82 Å². The number of guanidine groups is 1. The summed E-state index contributed by atoms with van der Waals surface area (Å²) in [6.45, 7) is 3.41. The first-order chi connectivity index (χ1) is 11.8. The number of nitrogens with one attached hydrogen (secondary N) is 3. The minimum Gasteiger partial charge on any atom is -0.461 e. The Bertz CT molecular complexity index is 789. The first kappa shape index (κ1) is 16.3. The van der Waals surface area contributed by atoms with Crippen molar-refractivity contribution < 1.29 is 4.42 Å². The third-order valence-corrected chi connectivity index (χ3v) is 4.65. The first-order valence-corrected chi connectivity index (χ1v) is 8.57. The Hall–Kier alpha value is -2.61. The van der Waals surface area contributed by atoms with E-state index in [4.69, 9.17) is 4.42 Å². The lowest BCUT2D eigenvalue weighted by atomic mass is 10.4. The molecule has 0 amide bonds. The number of aromatic nitrogens is 3. The third-order valence-electron chi connectivity index (χ3n) is 3.42. The molecule has 0 bridgehead atoms. The number of hydrogen-bond acceptors (Lipinski definition) is 5. The fourth-order valence-corrected chi connectivity index (χ4v) is 3.05. The fraction of sp³-hybridized carbons (Fsp3) is 0.312. The molecule has 0 radical (unpaired) electrons. The van der Waals surface area contributed by atoms with E-state index in [1.807, 2.05) is 23.5 Å². The molecule has 24 heavy (non-hydrogen) atoms. The summed E-state index contributed by atoms with van der Waals surface area (Å²) in [5.41, 5.74) is 0. The summed E-state index contributed by atoms with van der Waals surface area (Å²) >= 11 is 1.82. The van der Waals surface area contributed by atoms with Gasteiger partial charge in [-0.2, -0.15) is 0 Å². The minimum absolute atomic E-state index is 0.498. The van der Waals surface area contributed by atoms with E-state index in [0.29, 0.717) is 24.0 Å². The minimum atomic E-state index is 0.498. The number of aromatic amines is 1. The summed E-state index contributed by atoms with van der Waals surface area (Å²) in [5.74, 6) is 2.63. The van der Waals surface area contributed by atoms with Crippen LogP contribution in [-0.2, 0) is 19.5 Å². The van der Waals surface area contributed by atoms with Crippen LogP contribution in [0.4, 0.5) is 0 Å². The highest BCUT2D eigenvalue weighted by Gasteiger charge is 2.08. The van der Waals surface area contributed by atoms with Gasteiger partial charge >= 0.3 is 0 Å². The van der Waals surface area contributed by atoms with Gasteiger partial charge in [-0.1, -0.05) is 6.92 Å². The maximum Gasteiger partial charge on any atom is 0.216 e. The molecule has 0 aliphatic carbocycles. The van der Waals surface area contributed by atoms with Crippen molar-refractivity contribution in [2.45, 2.75) is 26.4 Å². The fourth-order valence-electron chi connectivity index (χ4n) is 2.16. The highest BCUT2D eigenvalue weighted by atomic mass is 32.1. The second kappa shape index (κ2) is 7.78. The average Bonchev–Trinajstić information content (AvgIpc) is 3.35. The Labute approximate surface area is 144 Å². The summed E-state index contributed by atoms with van der Waals surface area (Å²) in [7, 11) is 1.75. The smallest absolute Gasteiger partial charge is 0.216 e. The van der Waals surface area contributed by atoms with Gasteiger partial charge in [0.15, 0.2) is 11.7 Å². The second-order valence-electron chi connectivity index (χ2n) is 5.08. The van der Waals surface area contributed by atoms with E-state index in [2.05, 4.69) is 49.9 Å². The normalized spacial score (nSPS) is 11.7. The molecule has 0 aliphatic heterocycles. The van der Waals surface area contributed by atoms with E-state index in [9.17, 15) is 0 Å². The first-order valence-electron chi connectivity index (χ1n) is 7.75. The van der Waals surface area contributed by atoms with Crippen LogP contribution in [0.15, 0.2) is 39.9 Å². The van der Waals surface area contributed by atoms with Gasteiger partial charge in [0.25, 0.3) is 0 Å². The maximum absolute atomic E-state index is 5.28. The number of rotatable bonds is 6. The third kappa shape index (κ3) is 4.02. The summed E-state index contributed by atoms with van der Waals surface area (Å²) in [5, 5.41) is 13.5. The zero-order chi connectivity index (χ0) is 16.8. The Morgan fingerprint density at radius 2 is 2.08 bits per heavy atom. The van der Waals surface area contributed by atoms with Crippen molar-refractivity contribution in [2.24, 2.45) is 4.99 Å². The molecule has 8 heteroatoms. The molecule has 126 valence electrons. The Kier molecular flexibility index (Phi) is 5.27. The van der Waals surface area contributed by atoms with Crippen molar-refractivity contribution in [3.63, 3.8) is 0 Å². The van der Waals surface area contributed by atoms with Gasteiger partial charge in [-0.05, 0) is 30.7 Å². The summed E-state index contributed by atoms with van der Waals surface area (Å²) < 4.78 is 5.28. The van der Waals surface area contributed by atoms with Crippen molar-refractivity contribution in [3.05, 3.63) is 46.1 Å². The number of thiophene rings is 1. The number of aryl methyl sites for hydroxylation is 1. The molecule has 0 spiro atoms. The zero-order valence-electron chi connectivity index (χ0n) is 13.7. The quantitative estimate of drug-likeness (QED) is 0.472. The summed E-state index contributed by atoms with van der Waals surface area (Å²) in [6.07, 6.45) is 2.67. The maximum atomic E-state index is 5.28. The van der Waals surface area contributed by atoms with E-state index >= 15 is 0 Å². The van der Waals surface area contributed by atoms with Crippen LogP contribution in [0.3, 0.4) is 0 Å². The highest BCUT2D eigenvalue weighted by molar-refractivity contribution is 7.11. The van der Waals surface area contributed by atoms with Gasteiger partial charge in [0.2, 0.25) is 5.82 Å². The van der Waals surface area contributed by atoms with Gasteiger partial charge in [-0.3, -0.25) is 10.1 Å². The predicted octanol–water partition coefficient (Wildman–Crippen LogP) is 2.55. The molecule has 0 aromatic carbocycles. The van der Waals surface area contributed by atoms with Crippen LogP contribution >= 0.6 is 11.3 Å². The van der Waals surface area contributed by atoms with Crippen molar-refractivity contribution in [3.8, 4) is 11.6 Å². The summed E-state index contributed by atoms with van der Waals surface area (Å²) in [4.78, 5) is 11.3. The van der Waals surface area contributed by atoms with Crippen molar-refractivity contribution in [1.29, 1.82) is 0 Å². The van der Waals surface area contributed by atoms with Crippen molar-refractivity contribution in [2.75, 3.05) is 7.05 Å². The number of H-pyrrole nitrogens is 1.